The molecule has 2 aromatic carbocycles. The second-order valence-electron chi connectivity index (χ2n) is 8.45. The van der Waals surface area contributed by atoms with E-state index >= 15 is 0 Å². The van der Waals surface area contributed by atoms with Crippen molar-refractivity contribution in [2.24, 2.45) is 0 Å². The van der Waals surface area contributed by atoms with Crippen LogP contribution in [0.5, 0.6) is 0 Å². The highest BCUT2D eigenvalue weighted by molar-refractivity contribution is 7.92. The Kier molecular flexibility index (Phi) is 6.76. The van der Waals surface area contributed by atoms with Crippen LogP contribution in [0.15, 0.2) is 59.8 Å². The predicted octanol–water partition coefficient (Wildman–Crippen LogP) is 4.50. The average molecular weight is 507 g/mol. The first kappa shape index (κ1) is 23.4. The molecule has 0 aliphatic carbocycles. The smallest absolute Gasteiger partial charge is 0.227 e. The summed E-state index contributed by atoms with van der Waals surface area (Å²) >= 11 is 1.46. The van der Waals surface area contributed by atoms with Crippen molar-refractivity contribution in [1.29, 1.82) is 0 Å². The molecule has 0 radical (unpaired) electrons. The van der Waals surface area contributed by atoms with E-state index in [4.69, 9.17) is 5.73 Å². The van der Waals surface area contributed by atoms with Crippen molar-refractivity contribution >= 4 is 60.3 Å². The van der Waals surface area contributed by atoms with Gasteiger partial charge >= 0.3 is 0 Å². The van der Waals surface area contributed by atoms with Crippen LogP contribution in [-0.4, -0.2) is 41.7 Å². The number of nitrogens with two attached hydrogens (primary N) is 1. The third kappa shape index (κ3) is 5.50. The normalized spacial score (nSPS) is 17.0. The van der Waals surface area contributed by atoms with Gasteiger partial charge in [0.1, 0.15) is 0 Å². The van der Waals surface area contributed by atoms with Gasteiger partial charge in [-0.15, -0.1) is 0 Å². The molecule has 0 bridgehead atoms. The van der Waals surface area contributed by atoms with E-state index in [1.54, 1.807) is 36.7 Å². The van der Waals surface area contributed by atoms with Gasteiger partial charge in [0.2, 0.25) is 5.95 Å². The number of hydrogen-bond acceptors (Lipinski definition) is 9. The number of nitrogens with zero attached hydrogens (tertiary/aromatic N) is 3. The Hall–Kier alpha value is -3.34. The van der Waals surface area contributed by atoms with Crippen LogP contribution in [0.25, 0.3) is 22.4 Å². The SMILES string of the molecule is Nc1nc2ccc(C=Cc3cnc(Nc4ccc(S(=O)(=O)C5CCCNCC5)cc4)nc3)cc2s1. The zero-order valence-corrected chi connectivity index (χ0v) is 20.6. The summed E-state index contributed by atoms with van der Waals surface area (Å²) < 4.78 is 27.0. The summed E-state index contributed by atoms with van der Waals surface area (Å²) in [5.74, 6) is 0.439. The Morgan fingerprint density at radius 1 is 1.00 bits per heavy atom. The van der Waals surface area contributed by atoms with Gasteiger partial charge in [0, 0.05) is 23.6 Å². The summed E-state index contributed by atoms with van der Waals surface area (Å²) in [6.07, 6.45) is 9.61. The number of rotatable bonds is 6. The van der Waals surface area contributed by atoms with Gasteiger partial charge in [0.25, 0.3) is 0 Å². The number of fused-ring (bicyclic) bond motifs is 1. The standard InChI is InChI=1S/C25H26N6O2S2/c26-24-31-22-10-5-17(14-23(22)34-24)3-4-18-15-28-25(29-16-18)30-19-6-8-21(9-7-19)35(32,33)20-2-1-12-27-13-11-20/h3-10,14-16,20,27H,1-2,11-13H2,(H2,26,31)(H,28,29,30). The Morgan fingerprint density at radius 3 is 2.57 bits per heavy atom. The van der Waals surface area contributed by atoms with Crippen LogP contribution in [0.1, 0.15) is 30.4 Å². The molecule has 1 unspecified atom stereocenters. The zero-order valence-electron chi connectivity index (χ0n) is 19.0. The molecule has 1 aliphatic heterocycles. The molecule has 4 N–H and O–H groups in total. The molecule has 1 atom stereocenters. The number of thiazole rings is 1. The quantitative estimate of drug-likeness (QED) is 0.349. The van der Waals surface area contributed by atoms with E-state index in [0.29, 0.717) is 28.8 Å². The fourth-order valence-corrected chi connectivity index (χ4v) is 6.68. The van der Waals surface area contributed by atoms with Crippen molar-refractivity contribution in [2.75, 3.05) is 24.1 Å². The van der Waals surface area contributed by atoms with Gasteiger partial charge in [-0.25, -0.2) is 23.4 Å². The molecule has 3 heterocycles. The summed E-state index contributed by atoms with van der Waals surface area (Å²) in [6, 6.07) is 12.8. The molecule has 10 heteroatoms. The van der Waals surface area contributed by atoms with Gasteiger partial charge in [-0.3, -0.25) is 0 Å². The number of nitrogen functional groups attached to an aromatic ring is 1. The van der Waals surface area contributed by atoms with Crippen LogP contribution >= 0.6 is 11.3 Å². The molecule has 180 valence electrons. The molecule has 0 saturated carbocycles. The minimum Gasteiger partial charge on any atom is -0.375 e. The average Bonchev–Trinajstić information content (AvgIpc) is 3.04. The fraction of sp³-hybridized carbons (Fsp3) is 0.240. The highest BCUT2D eigenvalue weighted by Gasteiger charge is 2.27. The Labute approximate surface area is 208 Å². The summed E-state index contributed by atoms with van der Waals surface area (Å²) in [5.41, 5.74) is 9.30. The van der Waals surface area contributed by atoms with Crippen LogP contribution < -0.4 is 16.4 Å². The van der Waals surface area contributed by atoms with Crippen LogP contribution in [-0.2, 0) is 9.84 Å². The lowest BCUT2D eigenvalue weighted by molar-refractivity contribution is 0.566. The summed E-state index contributed by atoms with van der Waals surface area (Å²) in [4.78, 5) is 13.4. The van der Waals surface area contributed by atoms with E-state index in [9.17, 15) is 8.42 Å². The summed E-state index contributed by atoms with van der Waals surface area (Å²) in [6.45, 7) is 1.62. The number of hydrogen-bond donors (Lipinski definition) is 3. The van der Waals surface area contributed by atoms with Crippen molar-refractivity contribution in [3.05, 3.63) is 66.0 Å². The molecule has 0 spiro atoms. The van der Waals surface area contributed by atoms with E-state index in [1.165, 1.54) is 11.3 Å². The van der Waals surface area contributed by atoms with Crippen molar-refractivity contribution in [1.82, 2.24) is 20.3 Å². The second kappa shape index (κ2) is 10.1. The molecule has 8 nitrogen and oxygen atoms in total. The van der Waals surface area contributed by atoms with E-state index in [-0.39, 0.29) is 5.25 Å². The maximum atomic E-state index is 13.0. The Bertz CT molecular complexity index is 1440. The zero-order chi connectivity index (χ0) is 24.3. The Morgan fingerprint density at radius 2 is 1.77 bits per heavy atom. The topological polar surface area (TPSA) is 123 Å². The first-order chi connectivity index (χ1) is 17.0. The number of aromatic nitrogens is 3. The maximum absolute atomic E-state index is 13.0. The van der Waals surface area contributed by atoms with Crippen molar-refractivity contribution in [3.63, 3.8) is 0 Å². The Balaban J connectivity index is 1.23. The first-order valence-corrected chi connectivity index (χ1v) is 13.8. The van der Waals surface area contributed by atoms with Gasteiger partial charge in [0.05, 0.1) is 20.4 Å². The van der Waals surface area contributed by atoms with E-state index < -0.39 is 9.84 Å². The highest BCUT2D eigenvalue weighted by Crippen LogP contribution is 2.26. The second-order valence-corrected chi connectivity index (χ2v) is 11.7. The molecular formula is C25H26N6O2S2. The molecule has 35 heavy (non-hydrogen) atoms. The molecule has 1 aliphatic rings. The van der Waals surface area contributed by atoms with Crippen LogP contribution in [0.2, 0.25) is 0 Å². The van der Waals surface area contributed by atoms with Gasteiger partial charge in [-0.05, 0) is 74.3 Å². The highest BCUT2D eigenvalue weighted by atomic mass is 32.2. The van der Waals surface area contributed by atoms with Crippen LogP contribution in [0.4, 0.5) is 16.8 Å². The molecule has 4 aromatic rings. The van der Waals surface area contributed by atoms with Crippen molar-refractivity contribution in [2.45, 2.75) is 29.4 Å². The monoisotopic (exact) mass is 506 g/mol. The lowest BCUT2D eigenvalue weighted by Gasteiger charge is -2.15. The summed E-state index contributed by atoms with van der Waals surface area (Å²) in [5, 5.41) is 6.62. The van der Waals surface area contributed by atoms with Gasteiger partial charge in [0.15, 0.2) is 15.0 Å². The van der Waals surface area contributed by atoms with Crippen LogP contribution in [0.3, 0.4) is 0 Å². The summed E-state index contributed by atoms with van der Waals surface area (Å²) in [7, 11) is -3.34. The van der Waals surface area contributed by atoms with Gasteiger partial charge in [-0.1, -0.05) is 29.6 Å². The lowest BCUT2D eigenvalue weighted by atomic mass is 10.2. The molecule has 0 amide bonds. The first-order valence-electron chi connectivity index (χ1n) is 11.5. The maximum Gasteiger partial charge on any atom is 0.227 e. The van der Waals surface area contributed by atoms with Crippen LogP contribution in [0, 0.1) is 0 Å². The molecule has 5 rings (SSSR count). The van der Waals surface area contributed by atoms with Gasteiger partial charge in [-0.2, -0.15) is 0 Å². The third-order valence-electron chi connectivity index (χ3n) is 5.97. The largest absolute Gasteiger partial charge is 0.375 e. The molecule has 2 aromatic heterocycles. The number of sulfone groups is 1. The molecular weight excluding hydrogens is 480 g/mol. The van der Waals surface area contributed by atoms with Crippen molar-refractivity contribution < 1.29 is 8.42 Å². The molecule has 1 saturated heterocycles. The fourth-order valence-electron chi connectivity index (χ4n) is 4.09. The minimum absolute atomic E-state index is 0.331. The number of nitrogens with one attached hydrogen (secondary N) is 2. The number of benzene rings is 2. The molecule has 1 fully saturated rings. The lowest BCUT2D eigenvalue weighted by Crippen LogP contribution is -2.23. The van der Waals surface area contributed by atoms with Gasteiger partial charge < -0.3 is 16.4 Å². The number of anilines is 3. The van der Waals surface area contributed by atoms with Crippen molar-refractivity contribution in [3.8, 4) is 0 Å². The van der Waals surface area contributed by atoms with E-state index in [1.807, 2.05) is 30.4 Å². The van der Waals surface area contributed by atoms with E-state index in [0.717, 1.165) is 46.5 Å². The third-order valence-corrected chi connectivity index (χ3v) is 9.10. The minimum atomic E-state index is -3.34. The van der Waals surface area contributed by atoms with E-state index in [2.05, 4.69) is 25.6 Å². The predicted molar refractivity (Wildman–Crippen MR) is 142 cm³/mol.